The van der Waals surface area contributed by atoms with Crippen LogP contribution in [0.15, 0.2) is 42.7 Å². The number of benzene rings is 1. The van der Waals surface area contributed by atoms with E-state index in [0.717, 1.165) is 51.0 Å². The van der Waals surface area contributed by atoms with Crippen molar-refractivity contribution in [1.29, 1.82) is 0 Å². The molecule has 130 valence electrons. The van der Waals surface area contributed by atoms with Crippen molar-refractivity contribution in [3.05, 3.63) is 42.7 Å². The number of nitrogens with one attached hydrogen (secondary N) is 2. The molecule has 1 unspecified atom stereocenters. The number of carbonyl (C=O) groups is 1. The largest absolute Gasteiger partial charge is 0.497 e. The molecule has 2 aliphatic heterocycles. The minimum absolute atomic E-state index is 0.0648. The third-order valence-electron chi connectivity index (χ3n) is 4.67. The maximum absolute atomic E-state index is 12.1. The number of para-hydroxylation sites is 1. The lowest BCUT2D eigenvalue weighted by Gasteiger charge is -2.33. The standard InChI is InChI=1S/C19H27N3O2/c23-19(21-17-6-2-1-3-7-17)15-22-11-9-16(10-12-22)20-14-18-8-4-5-13-24-18/h1-3,5-7,13,16,18,20H,4,8-12,14-15H2,(H,21,23). The average molecular weight is 329 g/mol. The van der Waals surface area contributed by atoms with E-state index in [4.69, 9.17) is 4.74 Å². The molecule has 2 N–H and O–H groups in total. The molecule has 0 bridgehead atoms. The number of nitrogens with zero attached hydrogens (tertiary/aromatic N) is 1. The van der Waals surface area contributed by atoms with Crippen LogP contribution in [0.5, 0.6) is 0 Å². The normalized spacial score (nSPS) is 22.1. The number of likely N-dealkylation sites (tertiary alicyclic amines) is 1. The lowest BCUT2D eigenvalue weighted by molar-refractivity contribution is -0.117. The molecule has 0 spiro atoms. The fourth-order valence-corrected chi connectivity index (χ4v) is 3.25. The number of hydrogen-bond acceptors (Lipinski definition) is 4. The number of hydrogen-bond donors (Lipinski definition) is 2. The first-order valence-electron chi connectivity index (χ1n) is 8.91. The number of piperidine rings is 1. The van der Waals surface area contributed by atoms with E-state index in [1.807, 2.05) is 36.6 Å². The molecule has 3 rings (SSSR count). The zero-order chi connectivity index (χ0) is 16.6. The van der Waals surface area contributed by atoms with E-state index < -0.39 is 0 Å². The SMILES string of the molecule is O=C(CN1CCC(NCC2CCC=CO2)CC1)Nc1ccccc1. The van der Waals surface area contributed by atoms with Gasteiger partial charge in [-0.2, -0.15) is 0 Å². The van der Waals surface area contributed by atoms with Crippen molar-refractivity contribution in [3.8, 4) is 0 Å². The highest BCUT2D eigenvalue weighted by atomic mass is 16.5. The molecule has 1 saturated heterocycles. The lowest BCUT2D eigenvalue weighted by atomic mass is 10.0. The Kier molecular flexibility index (Phi) is 6.26. The molecule has 1 fully saturated rings. The molecule has 2 heterocycles. The first kappa shape index (κ1) is 17.0. The summed E-state index contributed by atoms with van der Waals surface area (Å²) in [5.74, 6) is 0.0648. The van der Waals surface area contributed by atoms with Gasteiger partial charge in [0.25, 0.3) is 0 Å². The summed E-state index contributed by atoms with van der Waals surface area (Å²) in [5.41, 5.74) is 0.862. The second-order valence-electron chi connectivity index (χ2n) is 6.58. The van der Waals surface area contributed by atoms with Crippen LogP contribution < -0.4 is 10.6 Å². The number of allylic oxidation sites excluding steroid dienone is 1. The maximum atomic E-state index is 12.1. The van der Waals surface area contributed by atoms with Gasteiger partial charge in [-0.1, -0.05) is 18.2 Å². The molecule has 1 aromatic rings. The Morgan fingerprint density at radius 3 is 2.67 bits per heavy atom. The topological polar surface area (TPSA) is 53.6 Å². The van der Waals surface area contributed by atoms with Gasteiger partial charge >= 0.3 is 0 Å². The van der Waals surface area contributed by atoms with Crippen molar-refractivity contribution < 1.29 is 9.53 Å². The van der Waals surface area contributed by atoms with Crippen LogP contribution in [0.25, 0.3) is 0 Å². The van der Waals surface area contributed by atoms with Crippen molar-refractivity contribution >= 4 is 11.6 Å². The van der Waals surface area contributed by atoms with Crippen LogP contribution in [0, 0.1) is 0 Å². The highest BCUT2D eigenvalue weighted by molar-refractivity contribution is 5.92. The molecular formula is C19H27N3O2. The molecule has 0 radical (unpaired) electrons. The predicted molar refractivity (Wildman–Crippen MR) is 95.8 cm³/mol. The van der Waals surface area contributed by atoms with Crippen LogP contribution in [0.2, 0.25) is 0 Å². The van der Waals surface area contributed by atoms with Gasteiger partial charge in [0, 0.05) is 31.4 Å². The summed E-state index contributed by atoms with van der Waals surface area (Å²) < 4.78 is 5.59. The van der Waals surface area contributed by atoms with E-state index in [1.54, 1.807) is 0 Å². The summed E-state index contributed by atoms with van der Waals surface area (Å²) in [6.07, 6.45) is 8.59. The van der Waals surface area contributed by atoms with Gasteiger partial charge in [-0.25, -0.2) is 0 Å². The second kappa shape index (κ2) is 8.85. The second-order valence-corrected chi connectivity index (χ2v) is 6.58. The first-order chi connectivity index (χ1) is 11.8. The summed E-state index contributed by atoms with van der Waals surface area (Å²) in [6, 6.07) is 10.2. The van der Waals surface area contributed by atoms with Crippen LogP contribution >= 0.6 is 0 Å². The van der Waals surface area contributed by atoms with Crippen LogP contribution in [0.3, 0.4) is 0 Å². The van der Waals surface area contributed by atoms with Gasteiger partial charge in [0.2, 0.25) is 5.91 Å². The van der Waals surface area contributed by atoms with E-state index in [9.17, 15) is 4.79 Å². The summed E-state index contributed by atoms with van der Waals surface area (Å²) in [7, 11) is 0. The summed E-state index contributed by atoms with van der Waals surface area (Å²) in [4.78, 5) is 14.3. The minimum Gasteiger partial charge on any atom is -0.497 e. The van der Waals surface area contributed by atoms with E-state index in [2.05, 4.69) is 21.6 Å². The molecule has 0 aromatic heterocycles. The Bertz CT molecular complexity index is 539. The van der Waals surface area contributed by atoms with Gasteiger partial charge < -0.3 is 15.4 Å². The van der Waals surface area contributed by atoms with Gasteiger partial charge in [-0.05, 0) is 43.9 Å². The molecule has 0 saturated carbocycles. The monoisotopic (exact) mass is 329 g/mol. The Morgan fingerprint density at radius 2 is 1.96 bits per heavy atom. The fraction of sp³-hybridized carbons (Fsp3) is 0.526. The van der Waals surface area contributed by atoms with Gasteiger partial charge in [0.05, 0.1) is 12.8 Å². The van der Waals surface area contributed by atoms with Crippen molar-refractivity contribution in [2.24, 2.45) is 0 Å². The minimum atomic E-state index is 0.0648. The third-order valence-corrected chi connectivity index (χ3v) is 4.67. The van der Waals surface area contributed by atoms with Crippen LogP contribution in [0.4, 0.5) is 5.69 Å². The molecule has 1 aromatic carbocycles. The Morgan fingerprint density at radius 1 is 1.17 bits per heavy atom. The zero-order valence-corrected chi connectivity index (χ0v) is 14.1. The first-order valence-corrected chi connectivity index (χ1v) is 8.91. The average Bonchev–Trinajstić information content (AvgIpc) is 2.63. The van der Waals surface area contributed by atoms with Crippen molar-refractivity contribution in [3.63, 3.8) is 0 Å². The van der Waals surface area contributed by atoms with Gasteiger partial charge in [-0.15, -0.1) is 0 Å². The maximum Gasteiger partial charge on any atom is 0.238 e. The van der Waals surface area contributed by atoms with Crippen LogP contribution in [-0.4, -0.2) is 49.1 Å². The number of ether oxygens (including phenoxy) is 1. The van der Waals surface area contributed by atoms with Gasteiger partial charge in [-0.3, -0.25) is 9.69 Å². The van der Waals surface area contributed by atoms with E-state index in [1.165, 1.54) is 0 Å². The van der Waals surface area contributed by atoms with Gasteiger partial charge in [0.15, 0.2) is 0 Å². The van der Waals surface area contributed by atoms with E-state index >= 15 is 0 Å². The third kappa shape index (κ3) is 5.35. The number of anilines is 1. The smallest absolute Gasteiger partial charge is 0.238 e. The number of amides is 1. The lowest BCUT2D eigenvalue weighted by Crippen LogP contribution is -2.46. The van der Waals surface area contributed by atoms with E-state index in [-0.39, 0.29) is 5.91 Å². The molecule has 5 heteroatoms. The van der Waals surface area contributed by atoms with Gasteiger partial charge in [0.1, 0.15) is 6.10 Å². The molecule has 24 heavy (non-hydrogen) atoms. The van der Waals surface area contributed by atoms with Crippen molar-refractivity contribution in [2.75, 3.05) is 31.5 Å². The van der Waals surface area contributed by atoms with Crippen LogP contribution in [0.1, 0.15) is 25.7 Å². The fourth-order valence-electron chi connectivity index (χ4n) is 3.25. The number of carbonyl (C=O) groups excluding carboxylic acids is 1. The Hall–Kier alpha value is -1.85. The molecule has 1 amide bonds. The predicted octanol–water partition coefficient (Wildman–Crippen LogP) is 2.37. The summed E-state index contributed by atoms with van der Waals surface area (Å²) >= 11 is 0. The number of rotatable bonds is 6. The Balaban J connectivity index is 1.33. The molecule has 1 atom stereocenters. The summed E-state index contributed by atoms with van der Waals surface area (Å²) in [5, 5.41) is 6.57. The Labute approximate surface area is 144 Å². The molecular weight excluding hydrogens is 302 g/mol. The highest BCUT2D eigenvalue weighted by Crippen LogP contribution is 2.13. The quantitative estimate of drug-likeness (QED) is 0.841. The van der Waals surface area contributed by atoms with Crippen LogP contribution in [-0.2, 0) is 9.53 Å². The molecule has 2 aliphatic rings. The van der Waals surface area contributed by atoms with Crippen molar-refractivity contribution in [2.45, 2.75) is 37.8 Å². The highest BCUT2D eigenvalue weighted by Gasteiger charge is 2.21. The zero-order valence-electron chi connectivity index (χ0n) is 14.1. The van der Waals surface area contributed by atoms with Crippen molar-refractivity contribution in [1.82, 2.24) is 10.2 Å². The van der Waals surface area contributed by atoms with E-state index in [0.29, 0.717) is 18.7 Å². The summed E-state index contributed by atoms with van der Waals surface area (Å²) in [6.45, 7) is 3.32. The molecule has 0 aliphatic carbocycles. The molecule has 5 nitrogen and oxygen atoms in total.